The second-order valence-electron chi connectivity index (χ2n) is 9.31. The van der Waals surface area contributed by atoms with Gasteiger partial charge in [0.05, 0.1) is 24.6 Å². The van der Waals surface area contributed by atoms with Crippen LogP contribution >= 0.6 is 11.6 Å². The standard InChI is InChI=1S/C26H23ClN2O4/c1-33-21-5-3-2-4-20(21)28(24(30)14-6-8-15(27)9-7-14)13-29-25(31)22-16-10-11-17(19-12-18(16)19)23(22)26(29)32/h2-11,16-19,22-23H,12-13H2,1H3/t16-,17-,18-,19+,22+,23+/m0/s1. The summed E-state index contributed by atoms with van der Waals surface area (Å²) in [4.78, 5) is 43.4. The van der Waals surface area contributed by atoms with Gasteiger partial charge in [0.15, 0.2) is 0 Å². The van der Waals surface area contributed by atoms with Gasteiger partial charge in [0.2, 0.25) is 11.8 Å². The van der Waals surface area contributed by atoms with Crippen LogP contribution in [0.2, 0.25) is 5.02 Å². The molecule has 5 aliphatic rings. The summed E-state index contributed by atoms with van der Waals surface area (Å²) in [5, 5.41) is 0.519. The van der Waals surface area contributed by atoms with Crippen LogP contribution in [0.4, 0.5) is 5.69 Å². The Bertz CT molecular complexity index is 1160. The van der Waals surface area contributed by atoms with Gasteiger partial charge < -0.3 is 4.74 Å². The average molecular weight is 463 g/mol. The summed E-state index contributed by atoms with van der Waals surface area (Å²) in [7, 11) is 1.53. The lowest BCUT2D eigenvalue weighted by atomic mass is 9.63. The van der Waals surface area contributed by atoms with Gasteiger partial charge in [0.1, 0.15) is 12.4 Å². The molecule has 2 aromatic carbocycles. The van der Waals surface area contributed by atoms with E-state index in [1.54, 1.807) is 42.5 Å². The van der Waals surface area contributed by atoms with Gasteiger partial charge in [-0.25, -0.2) is 0 Å². The lowest BCUT2D eigenvalue weighted by molar-refractivity contribution is -0.140. The van der Waals surface area contributed by atoms with Gasteiger partial charge in [-0.1, -0.05) is 35.9 Å². The first kappa shape index (κ1) is 20.5. The second kappa shape index (κ2) is 7.45. The molecule has 0 N–H and O–H groups in total. The molecule has 7 rings (SSSR count). The molecule has 0 spiro atoms. The van der Waals surface area contributed by atoms with Crippen LogP contribution in [0.5, 0.6) is 5.75 Å². The van der Waals surface area contributed by atoms with Crippen molar-refractivity contribution in [3.8, 4) is 5.75 Å². The Kier molecular flexibility index (Phi) is 4.63. The maximum absolute atomic E-state index is 13.6. The predicted molar refractivity (Wildman–Crippen MR) is 123 cm³/mol. The third kappa shape index (κ3) is 3.04. The van der Waals surface area contributed by atoms with Gasteiger partial charge >= 0.3 is 0 Å². The number of amides is 3. The van der Waals surface area contributed by atoms with Gasteiger partial charge in [-0.15, -0.1) is 0 Å². The zero-order valence-electron chi connectivity index (χ0n) is 18.1. The van der Waals surface area contributed by atoms with Crippen LogP contribution in [0, 0.1) is 35.5 Å². The Morgan fingerprint density at radius 3 is 2.21 bits per heavy atom. The number of anilines is 1. The number of rotatable bonds is 5. The van der Waals surface area contributed by atoms with Crippen LogP contribution in [0.1, 0.15) is 16.8 Å². The van der Waals surface area contributed by atoms with Crippen molar-refractivity contribution in [2.75, 3.05) is 18.7 Å². The summed E-state index contributed by atoms with van der Waals surface area (Å²) < 4.78 is 5.49. The molecule has 6 nitrogen and oxygen atoms in total. The molecule has 0 unspecified atom stereocenters. The Morgan fingerprint density at radius 2 is 1.61 bits per heavy atom. The first-order valence-corrected chi connectivity index (χ1v) is 11.6. The van der Waals surface area contributed by atoms with E-state index < -0.39 is 0 Å². The number of ether oxygens (including phenoxy) is 1. The normalized spacial score (nSPS) is 30.8. The van der Waals surface area contributed by atoms with Crippen molar-refractivity contribution in [3.63, 3.8) is 0 Å². The summed E-state index contributed by atoms with van der Waals surface area (Å²) in [5.41, 5.74) is 0.907. The largest absolute Gasteiger partial charge is 0.495 e. The van der Waals surface area contributed by atoms with E-state index in [0.29, 0.717) is 33.9 Å². The molecule has 2 saturated carbocycles. The molecule has 0 aromatic heterocycles. The number of hydrogen-bond acceptors (Lipinski definition) is 4. The minimum absolute atomic E-state index is 0.137. The highest BCUT2D eigenvalue weighted by Crippen LogP contribution is 2.65. The predicted octanol–water partition coefficient (Wildman–Crippen LogP) is 4.01. The summed E-state index contributed by atoms with van der Waals surface area (Å²) in [6, 6.07) is 13.7. The minimum atomic E-state index is -0.337. The van der Waals surface area contributed by atoms with E-state index in [9.17, 15) is 14.4 Å². The Hall–Kier alpha value is -3.12. The van der Waals surface area contributed by atoms with E-state index in [-0.39, 0.29) is 48.1 Å². The Labute approximate surface area is 196 Å². The maximum Gasteiger partial charge on any atom is 0.259 e. The number of carbonyl (C=O) groups is 3. The van der Waals surface area contributed by atoms with Gasteiger partial charge in [-0.05, 0) is 66.5 Å². The third-order valence-corrected chi connectivity index (χ3v) is 8.00. The van der Waals surface area contributed by atoms with E-state index in [2.05, 4.69) is 12.2 Å². The van der Waals surface area contributed by atoms with Crippen molar-refractivity contribution in [1.29, 1.82) is 0 Å². The van der Waals surface area contributed by atoms with E-state index in [0.717, 1.165) is 6.42 Å². The zero-order valence-corrected chi connectivity index (χ0v) is 18.8. The second-order valence-corrected chi connectivity index (χ2v) is 9.75. The van der Waals surface area contributed by atoms with Crippen LogP contribution < -0.4 is 9.64 Å². The molecular weight excluding hydrogens is 440 g/mol. The molecule has 1 heterocycles. The van der Waals surface area contributed by atoms with Crippen LogP contribution in [-0.4, -0.2) is 36.4 Å². The topological polar surface area (TPSA) is 66.9 Å². The average Bonchev–Trinajstić information content (AvgIpc) is 3.62. The van der Waals surface area contributed by atoms with Crippen molar-refractivity contribution in [2.45, 2.75) is 6.42 Å². The van der Waals surface area contributed by atoms with Crippen molar-refractivity contribution in [1.82, 2.24) is 4.90 Å². The highest BCUT2D eigenvalue weighted by atomic mass is 35.5. The summed E-state index contributed by atoms with van der Waals surface area (Å²) in [6.07, 6.45) is 5.40. The minimum Gasteiger partial charge on any atom is -0.495 e. The molecule has 168 valence electrons. The summed E-state index contributed by atoms with van der Waals surface area (Å²) in [5.74, 6) is 0.531. The summed E-state index contributed by atoms with van der Waals surface area (Å²) in [6.45, 7) is -0.152. The number of para-hydroxylation sites is 2. The number of methoxy groups -OCH3 is 1. The third-order valence-electron chi connectivity index (χ3n) is 7.75. The molecule has 7 heteroatoms. The molecule has 33 heavy (non-hydrogen) atoms. The van der Waals surface area contributed by atoms with Crippen LogP contribution in [0.15, 0.2) is 60.7 Å². The van der Waals surface area contributed by atoms with E-state index >= 15 is 0 Å². The molecular formula is C26H23ClN2O4. The molecule has 2 bridgehead atoms. The Morgan fingerprint density at radius 1 is 1.00 bits per heavy atom. The maximum atomic E-state index is 13.6. The summed E-state index contributed by atoms with van der Waals surface area (Å²) >= 11 is 6.01. The van der Waals surface area contributed by atoms with Gasteiger partial charge in [-0.2, -0.15) is 0 Å². The van der Waals surface area contributed by atoms with Crippen LogP contribution in [0.3, 0.4) is 0 Å². The number of allylic oxidation sites excluding steroid dienone is 2. The molecule has 1 aliphatic heterocycles. The number of carbonyl (C=O) groups excluding carboxylic acids is 3. The van der Waals surface area contributed by atoms with E-state index in [1.807, 2.05) is 6.07 Å². The van der Waals surface area contributed by atoms with Crippen LogP contribution in [-0.2, 0) is 9.59 Å². The van der Waals surface area contributed by atoms with Gasteiger partial charge in [0, 0.05) is 10.6 Å². The number of benzene rings is 2. The van der Waals surface area contributed by atoms with Gasteiger partial charge in [-0.3, -0.25) is 24.2 Å². The number of likely N-dealkylation sites (tertiary alicyclic amines) is 1. The van der Waals surface area contributed by atoms with Gasteiger partial charge in [0.25, 0.3) is 5.91 Å². The molecule has 2 aromatic rings. The first-order valence-electron chi connectivity index (χ1n) is 11.2. The number of nitrogens with zero attached hydrogens (tertiary/aromatic N) is 2. The number of imide groups is 1. The smallest absolute Gasteiger partial charge is 0.259 e. The fourth-order valence-corrected chi connectivity index (χ4v) is 6.28. The van der Waals surface area contributed by atoms with Crippen LogP contribution in [0.25, 0.3) is 0 Å². The molecule has 1 saturated heterocycles. The number of hydrogen-bond donors (Lipinski definition) is 0. The molecule has 0 radical (unpaired) electrons. The fraction of sp³-hybridized carbons (Fsp3) is 0.346. The lowest BCUT2D eigenvalue weighted by Gasteiger charge is -2.37. The highest BCUT2D eigenvalue weighted by Gasteiger charge is 2.67. The molecule has 3 amide bonds. The van der Waals surface area contributed by atoms with Crippen molar-refractivity contribution in [3.05, 3.63) is 71.3 Å². The number of halogens is 1. The van der Waals surface area contributed by atoms with Crippen molar-refractivity contribution >= 4 is 35.0 Å². The van der Waals surface area contributed by atoms with Crippen molar-refractivity contribution < 1.29 is 19.1 Å². The fourth-order valence-electron chi connectivity index (χ4n) is 6.15. The molecule has 3 fully saturated rings. The lowest BCUT2D eigenvalue weighted by Crippen LogP contribution is -2.45. The quantitative estimate of drug-likeness (QED) is 0.497. The highest BCUT2D eigenvalue weighted by molar-refractivity contribution is 6.30. The molecule has 4 aliphatic carbocycles. The zero-order chi connectivity index (χ0) is 22.9. The van der Waals surface area contributed by atoms with Crippen molar-refractivity contribution in [2.24, 2.45) is 35.5 Å². The molecule has 6 atom stereocenters. The SMILES string of the molecule is COc1ccccc1N(CN1C(=O)[C@@H]2[C@H]3C=C[C@@H]([C@@H]4C[C@H]34)[C@H]2C1=O)C(=O)c1ccc(Cl)cc1. The van der Waals surface area contributed by atoms with E-state index in [1.165, 1.54) is 16.9 Å². The first-order chi connectivity index (χ1) is 16.0. The van der Waals surface area contributed by atoms with E-state index in [4.69, 9.17) is 16.3 Å². The Balaban J connectivity index is 1.36. The monoisotopic (exact) mass is 462 g/mol.